The van der Waals surface area contributed by atoms with Gasteiger partial charge in [-0.25, -0.2) is 8.42 Å². The molecular weight excluding hydrogens is 284 g/mol. The molecule has 106 valence electrons. The predicted molar refractivity (Wildman–Crippen MR) is 63.3 cm³/mol. The van der Waals surface area contributed by atoms with E-state index in [0.717, 1.165) is 0 Å². The molecule has 1 rings (SSSR count). The van der Waals surface area contributed by atoms with Crippen molar-refractivity contribution in [2.45, 2.75) is 31.8 Å². The SMILES string of the molecule is CC1(COS(=O)(=O)CCC[SH](=O)=O)CCC(=O)O1. The largest absolute Gasteiger partial charge is 0.457 e. The van der Waals surface area contributed by atoms with Crippen LogP contribution in [0.1, 0.15) is 26.2 Å². The zero-order valence-electron chi connectivity index (χ0n) is 9.96. The molecule has 0 aromatic heterocycles. The maximum atomic E-state index is 11.4. The van der Waals surface area contributed by atoms with Crippen molar-refractivity contribution in [3.05, 3.63) is 0 Å². The van der Waals surface area contributed by atoms with Crippen molar-refractivity contribution in [3.8, 4) is 0 Å². The second-order valence-electron chi connectivity index (χ2n) is 4.36. The lowest BCUT2D eigenvalue weighted by Gasteiger charge is -2.21. The summed E-state index contributed by atoms with van der Waals surface area (Å²) in [6, 6.07) is 0. The number of cyclic esters (lactones) is 1. The Kier molecular flexibility index (Phi) is 5.11. The minimum Gasteiger partial charge on any atom is -0.457 e. The molecule has 0 saturated carbocycles. The van der Waals surface area contributed by atoms with E-state index in [1.165, 1.54) is 0 Å². The van der Waals surface area contributed by atoms with Crippen LogP contribution in [0.5, 0.6) is 0 Å². The Morgan fingerprint density at radius 3 is 2.61 bits per heavy atom. The van der Waals surface area contributed by atoms with Gasteiger partial charge in [-0.15, -0.1) is 0 Å². The molecule has 1 unspecified atom stereocenters. The normalized spacial score (nSPS) is 24.4. The highest BCUT2D eigenvalue weighted by Gasteiger charge is 2.37. The number of ether oxygens (including phenoxy) is 1. The summed E-state index contributed by atoms with van der Waals surface area (Å²) in [5.41, 5.74) is -0.909. The van der Waals surface area contributed by atoms with Gasteiger partial charge in [-0.2, -0.15) is 8.42 Å². The fraction of sp³-hybridized carbons (Fsp3) is 0.889. The van der Waals surface area contributed by atoms with Gasteiger partial charge < -0.3 is 4.74 Å². The monoisotopic (exact) mass is 300 g/mol. The molecule has 1 atom stereocenters. The molecule has 0 aliphatic carbocycles. The first-order valence-electron chi connectivity index (χ1n) is 5.43. The number of hydrogen-bond donors (Lipinski definition) is 1. The van der Waals surface area contributed by atoms with Crippen LogP contribution in [0.4, 0.5) is 0 Å². The van der Waals surface area contributed by atoms with Crippen LogP contribution in [-0.2, 0) is 34.5 Å². The van der Waals surface area contributed by atoms with Gasteiger partial charge in [-0.05, 0) is 19.8 Å². The summed E-state index contributed by atoms with van der Waals surface area (Å²) in [4.78, 5) is 10.9. The highest BCUT2D eigenvalue weighted by atomic mass is 32.2. The molecule has 0 bridgehead atoms. The lowest BCUT2D eigenvalue weighted by molar-refractivity contribution is -0.149. The van der Waals surface area contributed by atoms with Crippen LogP contribution in [0.15, 0.2) is 0 Å². The van der Waals surface area contributed by atoms with Gasteiger partial charge in [0.25, 0.3) is 10.1 Å². The van der Waals surface area contributed by atoms with Crippen LogP contribution in [0.3, 0.4) is 0 Å². The van der Waals surface area contributed by atoms with E-state index < -0.39 is 26.4 Å². The molecule has 0 aromatic rings. The van der Waals surface area contributed by atoms with Gasteiger partial charge in [0.15, 0.2) is 0 Å². The van der Waals surface area contributed by atoms with Crippen LogP contribution in [-0.4, -0.2) is 46.5 Å². The predicted octanol–water partition coefficient (Wildman–Crippen LogP) is -0.570. The molecule has 7 nitrogen and oxygen atoms in total. The number of rotatable bonds is 7. The van der Waals surface area contributed by atoms with E-state index in [-0.39, 0.29) is 36.9 Å². The standard InChI is InChI=1S/C9H16O7S2/c1-9(4-3-8(10)16-9)7-15-18(13,14)6-2-5-17(11)12/h17H,2-7H2,1H3. The Bertz CT molecular complexity index is 471. The molecule has 1 heterocycles. The first kappa shape index (κ1) is 15.4. The maximum Gasteiger partial charge on any atom is 0.306 e. The molecule has 1 aliphatic rings. The molecule has 0 N–H and O–H groups in total. The topological polar surface area (TPSA) is 104 Å². The molecule has 0 radical (unpaired) electrons. The van der Waals surface area contributed by atoms with Gasteiger partial charge in [0.2, 0.25) is 0 Å². The summed E-state index contributed by atoms with van der Waals surface area (Å²) in [6.07, 6.45) is 0.655. The van der Waals surface area contributed by atoms with Crippen molar-refractivity contribution in [1.82, 2.24) is 0 Å². The van der Waals surface area contributed by atoms with Gasteiger partial charge in [-0.3, -0.25) is 8.98 Å². The average molecular weight is 300 g/mol. The van der Waals surface area contributed by atoms with Gasteiger partial charge in [-0.1, -0.05) is 0 Å². The lowest BCUT2D eigenvalue weighted by atomic mass is 10.1. The Morgan fingerprint density at radius 2 is 2.11 bits per heavy atom. The van der Waals surface area contributed by atoms with Crippen molar-refractivity contribution in [2.75, 3.05) is 18.1 Å². The third-order valence-electron chi connectivity index (χ3n) is 2.50. The number of hydrogen-bond acceptors (Lipinski definition) is 7. The molecule has 1 fully saturated rings. The van der Waals surface area contributed by atoms with Crippen LogP contribution >= 0.6 is 0 Å². The second kappa shape index (κ2) is 5.98. The van der Waals surface area contributed by atoms with E-state index in [4.69, 9.17) is 8.92 Å². The third kappa shape index (κ3) is 5.32. The van der Waals surface area contributed by atoms with Crippen molar-refractivity contribution in [2.24, 2.45) is 0 Å². The van der Waals surface area contributed by atoms with Gasteiger partial charge in [0.1, 0.15) is 22.9 Å². The van der Waals surface area contributed by atoms with E-state index in [1.807, 2.05) is 0 Å². The molecule has 0 aromatic carbocycles. The zero-order valence-corrected chi connectivity index (χ0v) is 11.7. The summed E-state index contributed by atoms with van der Waals surface area (Å²) >= 11 is 0. The molecule has 1 aliphatic heterocycles. The zero-order chi connectivity index (χ0) is 13.8. The first-order chi connectivity index (χ1) is 8.22. The fourth-order valence-corrected chi connectivity index (χ4v) is 3.16. The smallest absolute Gasteiger partial charge is 0.306 e. The van der Waals surface area contributed by atoms with Gasteiger partial charge in [0, 0.05) is 12.2 Å². The first-order valence-corrected chi connectivity index (χ1v) is 8.37. The van der Waals surface area contributed by atoms with Crippen LogP contribution in [0.25, 0.3) is 0 Å². The number of thiol groups is 1. The van der Waals surface area contributed by atoms with Crippen molar-refractivity contribution >= 4 is 26.8 Å². The van der Waals surface area contributed by atoms with E-state index >= 15 is 0 Å². The molecule has 0 amide bonds. The second-order valence-corrected chi connectivity index (χ2v) is 7.23. The molecule has 1 saturated heterocycles. The van der Waals surface area contributed by atoms with Crippen molar-refractivity contribution in [1.29, 1.82) is 0 Å². The minimum atomic E-state index is -3.78. The molecule has 18 heavy (non-hydrogen) atoms. The van der Waals surface area contributed by atoms with Crippen molar-refractivity contribution < 1.29 is 30.6 Å². The summed E-state index contributed by atoms with van der Waals surface area (Å²) in [7, 11) is -6.36. The fourth-order valence-electron chi connectivity index (χ4n) is 1.49. The summed E-state index contributed by atoms with van der Waals surface area (Å²) in [6.45, 7) is 1.37. The Hall–Kier alpha value is -0.670. The Balaban J connectivity index is 2.39. The number of esters is 1. The Morgan fingerprint density at radius 1 is 1.44 bits per heavy atom. The number of carbonyl (C=O) groups is 1. The summed E-state index contributed by atoms with van der Waals surface area (Å²) in [5, 5.41) is 0. The maximum absolute atomic E-state index is 11.4. The quantitative estimate of drug-likeness (QED) is 0.381. The van der Waals surface area contributed by atoms with Gasteiger partial charge >= 0.3 is 5.97 Å². The molecule has 0 spiro atoms. The van der Waals surface area contributed by atoms with E-state index in [0.29, 0.717) is 6.42 Å². The number of carbonyl (C=O) groups excluding carboxylic acids is 1. The minimum absolute atomic E-state index is 0.00244. The lowest BCUT2D eigenvalue weighted by Crippen LogP contribution is -2.32. The average Bonchev–Trinajstić information content (AvgIpc) is 2.56. The van der Waals surface area contributed by atoms with Crippen LogP contribution in [0.2, 0.25) is 0 Å². The van der Waals surface area contributed by atoms with E-state index in [2.05, 4.69) is 0 Å². The highest BCUT2D eigenvalue weighted by molar-refractivity contribution is 7.86. The van der Waals surface area contributed by atoms with Crippen molar-refractivity contribution in [3.63, 3.8) is 0 Å². The van der Waals surface area contributed by atoms with E-state index in [1.54, 1.807) is 6.92 Å². The van der Waals surface area contributed by atoms with Gasteiger partial charge in [0.05, 0.1) is 5.75 Å². The Labute approximate surface area is 108 Å². The van der Waals surface area contributed by atoms with E-state index in [9.17, 15) is 21.6 Å². The van der Waals surface area contributed by atoms with Crippen LogP contribution < -0.4 is 0 Å². The summed E-state index contributed by atoms with van der Waals surface area (Å²) in [5.74, 6) is -0.924. The highest BCUT2D eigenvalue weighted by Crippen LogP contribution is 2.26. The molecular formula is C9H16O7S2. The summed E-state index contributed by atoms with van der Waals surface area (Å²) < 4.78 is 53.1. The molecule has 9 heteroatoms. The van der Waals surface area contributed by atoms with Crippen LogP contribution in [0, 0.1) is 0 Å². The third-order valence-corrected chi connectivity index (χ3v) is 4.44.